The number of fused-ring (bicyclic) bond motifs is 1. The second-order valence-corrected chi connectivity index (χ2v) is 4.15. The van der Waals surface area contributed by atoms with Crippen molar-refractivity contribution in [1.82, 2.24) is 14.6 Å². The molecule has 0 atom stereocenters. The Labute approximate surface area is 105 Å². The largest absolute Gasteiger partial charge is 0.493 e. The van der Waals surface area contributed by atoms with Gasteiger partial charge in [-0.05, 0) is 19.1 Å². The number of methoxy groups -OCH3 is 1. The lowest BCUT2D eigenvalue weighted by atomic mass is 10.1. The Morgan fingerprint density at radius 2 is 1.89 bits per heavy atom. The van der Waals surface area contributed by atoms with Crippen LogP contribution in [0, 0.1) is 6.92 Å². The normalized spacial score (nSPS) is 10.8. The van der Waals surface area contributed by atoms with Gasteiger partial charge in [0, 0.05) is 11.8 Å². The lowest BCUT2D eigenvalue weighted by Crippen LogP contribution is -1.90. The van der Waals surface area contributed by atoms with E-state index in [1.807, 2.05) is 30.5 Å². The second-order valence-electron chi connectivity index (χ2n) is 4.15. The van der Waals surface area contributed by atoms with E-state index in [9.17, 15) is 0 Å². The molecule has 0 fully saturated rings. The van der Waals surface area contributed by atoms with Crippen LogP contribution in [0.5, 0.6) is 5.75 Å². The number of hydrogen-bond donors (Lipinski definition) is 0. The zero-order valence-corrected chi connectivity index (χ0v) is 10.3. The molecule has 0 amide bonds. The van der Waals surface area contributed by atoms with Gasteiger partial charge in [-0.3, -0.25) is 0 Å². The van der Waals surface area contributed by atoms with Gasteiger partial charge in [0.15, 0.2) is 17.2 Å². The van der Waals surface area contributed by atoms with Crippen LogP contribution in [0.1, 0.15) is 5.56 Å². The third kappa shape index (κ3) is 1.72. The minimum atomic E-state index is 0.708. The molecule has 0 N–H and O–H groups in total. The lowest BCUT2D eigenvalue weighted by Gasteiger charge is -1.98. The van der Waals surface area contributed by atoms with Crippen molar-refractivity contribution in [1.29, 1.82) is 0 Å². The molecule has 0 spiro atoms. The Hall–Kier alpha value is -2.36. The molecule has 3 rings (SSSR count). The molecule has 4 nitrogen and oxygen atoms in total. The maximum absolute atomic E-state index is 5.27. The summed E-state index contributed by atoms with van der Waals surface area (Å²) < 4.78 is 7.00. The maximum atomic E-state index is 5.27. The summed E-state index contributed by atoms with van der Waals surface area (Å²) >= 11 is 0. The number of hydrogen-bond acceptors (Lipinski definition) is 3. The maximum Gasteiger partial charge on any atom is 0.198 e. The van der Waals surface area contributed by atoms with Crippen molar-refractivity contribution in [3.05, 3.63) is 48.2 Å². The number of pyridine rings is 1. The predicted octanol–water partition coefficient (Wildman–Crippen LogP) is 2.71. The van der Waals surface area contributed by atoms with E-state index in [1.54, 1.807) is 11.6 Å². The summed E-state index contributed by atoms with van der Waals surface area (Å²) in [5.74, 6) is 1.43. The molecule has 0 saturated heterocycles. The monoisotopic (exact) mass is 239 g/mol. The zero-order chi connectivity index (χ0) is 12.5. The summed E-state index contributed by atoms with van der Waals surface area (Å²) in [4.78, 5) is 4.51. The molecule has 2 heterocycles. The zero-order valence-electron chi connectivity index (χ0n) is 10.3. The Morgan fingerprint density at radius 3 is 2.61 bits per heavy atom. The van der Waals surface area contributed by atoms with Gasteiger partial charge in [0.2, 0.25) is 0 Å². The smallest absolute Gasteiger partial charge is 0.198 e. The van der Waals surface area contributed by atoms with Gasteiger partial charge in [0.1, 0.15) is 0 Å². The summed E-state index contributed by atoms with van der Waals surface area (Å²) in [7, 11) is 1.63. The molecule has 90 valence electrons. The molecule has 2 aromatic heterocycles. The fourth-order valence-electron chi connectivity index (χ4n) is 1.87. The molecule has 0 aliphatic heterocycles. The van der Waals surface area contributed by atoms with Crippen molar-refractivity contribution < 1.29 is 4.74 Å². The molecule has 0 radical (unpaired) electrons. The lowest BCUT2D eigenvalue weighted by molar-refractivity contribution is 0.416. The Bertz CT molecular complexity index is 686. The van der Waals surface area contributed by atoms with Gasteiger partial charge in [-0.1, -0.05) is 29.8 Å². The standard InChI is InChI=1S/C14H13N3O/c1-10-5-7-11(8-6-10)13-15-14-12(18-2)4-3-9-17(14)16-13/h3-9H,1-2H3. The first-order valence-corrected chi connectivity index (χ1v) is 5.74. The SMILES string of the molecule is COc1cccn2nc(-c3ccc(C)cc3)nc12. The van der Waals surface area contributed by atoms with Crippen molar-refractivity contribution in [3.8, 4) is 17.1 Å². The first kappa shape index (κ1) is 10.8. The third-order valence-electron chi connectivity index (χ3n) is 2.86. The highest BCUT2D eigenvalue weighted by molar-refractivity contribution is 5.62. The number of benzene rings is 1. The predicted molar refractivity (Wildman–Crippen MR) is 69.7 cm³/mol. The van der Waals surface area contributed by atoms with E-state index in [1.165, 1.54) is 5.56 Å². The van der Waals surface area contributed by atoms with Gasteiger partial charge in [-0.2, -0.15) is 0 Å². The molecule has 3 aromatic rings. The Balaban J connectivity index is 2.16. The van der Waals surface area contributed by atoms with Crippen LogP contribution in [0.3, 0.4) is 0 Å². The Morgan fingerprint density at radius 1 is 1.11 bits per heavy atom. The minimum absolute atomic E-state index is 0.708. The fourth-order valence-corrected chi connectivity index (χ4v) is 1.87. The van der Waals surface area contributed by atoms with Gasteiger partial charge in [0.25, 0.3) is 0 Å². The highest BCUT2D eigenvalue weighted by atomic mass is 16.5. The summed E-state index contributed by atoms with van der Waals surface area (Å²) in [6.45, 7) is 2.06. The van der Waals surface area contributed by atoms with Crippen LogP contribution >= 0.6 is 0 Å². The molecule has 0 aliphatic carbocycles. The summed E-state index contributed by atoms with van der Waals surface area (Å²) in [5.41, 5.74) is 2.96. The van der Waals surface area contributed by atoms with Crippen LogP contribution in [0.2, 0.25) is 0 Å². The van der Waals surface area contributed by atoms with Gasteiger partial charge in [-0.25, -0.2) is 9.50 Å². The fraction of sp³-hybridized carbons (Fsp3) is 0.143. The van der Waals surface area contributed by atoms with Gasteiger partial charge < -0.3 is 4.74 Å². The van der Waals surface area contributed by atoms with E-state index in [-0.39, 0.29) is 0 Å². The highest BCUT2D eigenvalue weighted by Gasteiger charge is 2.09. The van der Waals surface area contributed by atoms with E-state index >= 15 is 0 Å². The molecule has 18 heavy (non-hydrogen) atoms. The van der Waals surface area contributed by atoms with Crippen molar-refractivity contribution >= 4 is 5.65 Å². The highest BCUT2D eigenvalue weighted by Crippen LogP contribution is 2.21. The molecular weight excluding hydrogens is 226 g/mol. The molecule has 0 bridgehead atoms. The average Bonchev–Trinajstić information content (AvgIpc) is 2.83. The molecular formula is C14H13N3O. The van der Waals surface area contributed by atoms with Crippen molar-refractivity contribution in [2.75, 3.05) is 7.11 Å². The van der Waals surface area contributed by atoms with Crippen LogP contribution in [-0.4, -0.2) is 21.7 Å². The van der Waals surface area contributed by atoms with Crippen LogP contribution < -0.4 is 4.74 Å². The average molecular weight is 239 g/mol. The van der Waals surface area contributed by atoms with Crippen LogP contribution in [0.15, 0.2) is 42.6 Å². The number of rotatable bonds is 2. The van der Waals surface area contributed by atoms with E-state index < -0.39 is 0 Å². The van der Waals surface area contributed by atoms with Crippen molar-refractivity contribution in [3.63, 3.8) is 0 Å². The van der Waals surface area contributed by atoms with Crippen molar-refractivity contribution in [2.45, 2.75) is 6.92 Å². The molecule has 0 saturated carbocycles. The topological polar surface area (TPSA) is 39.4 Å². The molecule has 0 aliphatic rings. The first-order chi connectivity index (χ1) is 8.78. The van der Waals surface area contributed by atoms with Crippen LogP contribution in [-0.2, 0) is 0 Å². The van der Waals surface area contributed by atoms with Gasteiger partial charge in [-0.15, -0.1) is 5.10 Å². The van der Waals surface area contributed by atoms with E-state index in [0.717, 1.165) is 17.0 Å². The van der Waals surface area contributed by atoms with Gasteiger partial charge >= 0.3 is 0 Å². The Kier molecular flexibility index (Phi) is 2.48. The summed E-state index contributed by atoms with van der Waals surface area (Å²) in [6.07, 6.45) is 1.86. The molecule has 1 aromatic carbocycles. The third-order valence-corrected chi connectivity index (χ3v) is 2.86. The molecule has 4 heteroatoms. The minimum Gasteiger partial charge on any atom is -0.493 e. The molecule has 0 unspecified atom stereocenters. The van der Waals surface area contributed by atoms with E-state index in [2.05, 4.69) is 29.1 Å². The van der Waals surface area contributed by atoms with E-state index in [0.29, 0.717) is 5.82 Å². The first-order valence-electron chi connectivity index (χ1n) is 5.74. The van der Waals surface area contributed by atoms with E-state index in [4.69, 9.17) is 4.74 Å². The van der Waals surface area contributed by atoms with Crippen LogP contribution in [0.25, 0.3) is 17.0 Å². The number of aromatic nitrogens is 3. The number of ether oxygens (including phenoxy) is 1. The quantitative estimate of drug-likeness (QED) is 0.690. The summed E-state index contributed by atoms with van der Waals surface area (Å²) in [6, 6.07) is 11.9. The van der Waals surface area contributed by atoms with Gasteiger partial charge in [0.05, 0.1) is 7.11 Å². The van der Waals surface area contributed by atoms with Crippen LogP contribution in [0.4, 0.5) is 0 Å². The summed E-state index contributed by atoms with van der Waals surface area (Å²) in [5, 5.41) is 4.45. The number of aryl methyl sites for hydroxylation is 1. The van der Waals surface area contributed by atoms with Crippen molar-refractivity contribution in [2.24, 2.45) is 0 Å². The second kappa shape index (κ2) is 4.14. The number of nitrogens with zero attached hydrogens (tertiary/aromatic N) is 3.